The molecular formula is C31H32FN3O3S2. The zero-order valence-electron chi connectivity index (χ0n) is 22.4. The number of fused-ring (bicyclic) bond motifs is 2. The Balaban J connectivity index is 1.12. The first-order chi connectivity index (χ1) is 19.3. The van der Waals surface area contributed by atoms with E-state index in [1.165, 1.54) is 20.8 Å². The zero-order chi connectivity index (χ0) is 27.9. The van der Waals surface area contributed by atoms with Crippen molar-refractivity contribution in [3.63, 3.8) is 0 Å². The van der Waals surface area contributed by atoms with Gasteiger partial charge >= 0.3 is 0 Å². The molecule has 208 valence electrons. The molecule has 0 bridgehead atoms. The maximum atomic E-state index is 14.1. The van der Waals surface area contributed by atoms with Crippen LogP contribution in [0, 0.1) is 5.82 Å². The van der Waals surface area contributed by atoms with Gasteiger partial charge in [-0.2, -0.15) is 4.31 Å². The summed E-state index contributed by atoms with van der Waals surface area (Å²) < 4.78 is 42.7. The van der Waals surface area contributed by atoms with Gasteiger partial charge in [0.15, 0.2) is 0 Å². The number of carbonyl (C=O) groups excluding carboxylic acids is 1. The highest BCUT2D eigenvalue weighted by atomic mass is 32.2. The number of rotatable bonds is 6. The van der Waals surface area contributed by atoms with Crippen LogP contribution in [0.25, 0.3) is 10.8 Å². The molecule has 6 rings (SSSR count). The summed E-state index contributed by atoms with van der Waals surface area (Å²) in [5, 5.41) is 3.96. The lowest BCUT2D eigenvalue weighted by Crippen LogP contribution is -2.55. The van der Waals surface area contributed by atoms with Gasteiger partial charge in [-0.05, 0) is 71.0 Å². The fraction of sp³-hybridized carbons (Fsp3) is 0.323. The molecule has 3 heterocycles. The number of piperazine rings is 1. The molecule has 2 atom stereocenters. The summed E-state index contributed by atoms with van der Waals surface area (Å²) in [5.74, 6) is -0.245. The first-order valence-corrected chi connectivity index (χ1v) is 16.0. The lowest BCUT2D eigenvalue weighted by molar-refractivity contribution is -0.133. The minimum Gasteiger partial charge on any atom is -0.340 e. The Morgan fingerprint density at radius 1 is 0.975 bits per heavy atom. The van der Waals surface area contributed by atoms with Crippen molar-refractivity contribution in [2.45, 2.75) is 36.7 Å². The van der Waals surface area contributed by atoms with Crippen LogP contribution in [0.15, 0.2) is 83.1 Å². The molecule has 1 amide bonds. The molecule has 0 aliphatic carbocycles. The topological polar surface area (TPSA) is 60.9 Å². The second-order valence-electron chi connectivity index (χ2n) is 10.6. The lowest BCUT2D eigenvalue weighted by Gasteiger charge is -2.40. The summed E-state index contributed by atoms with van der Waals surface area (Å²) in [6.07, 6.45) is 1.24. The molecule has 2 aliphatic heterocycles. The van der Waals surface area contributed by atoms with Gasteiger partial charge < -0.3 is 4.90 Å². The molecule has 0 saturated carbocycles. The molecule has 6 nitrogen and oxygen atoms in total. The molecule has 1 aromatic heterocycles. The van der Waals surface area contributed by atoms with Crippen LogP contribution in [-0.4, -0.2) is 67.2 Å². The summed E-state index contributed by atoms with van der Waals surface area (Å²) in [5.41, 5.74) is 2.09. The van der Waals surface area contributed by atoms with E-state index in [4.69, 9.17) is 0 Å². The van der Waals surface area contributed by atoms with E-state index in [1.807, 2.05) is 43.3 Å². The largest absolute Gasteiger partial charge is 0.340 e. The number of amides is 1. The summed E-state index contributed by atoms with van der Waals surface area (Å²) in [7, 11) is -3.69. The van der Waals surface area contributed by atoms with E-state index in [1.54, 1.807) is 40.5 Å². The van der Waals surface area contributed by atoms with Crippen LogP contribution >= 0.6 is 11.3 Å². The van der Waals surface area contributed by atoms with Crippen molar-refractivity contribution in [3.05, 3.63) is 100.0 Å². The summed E-state index contributed by atoms with van der Waals surface area (Å²) >= 11 is 1.73. The molecule has 2 aliphatic rings. The van der Waals surface area contributed by atoms with Crippen LogP contribution in [0.4, 0.5) is 4.39 Å². The molecule has 1 saturated heterocycles. The van der Waals surface area contributed by atoms with E-state index in [0.29, 0.717) is 26.1 Å². The number of halogens is 1. The SMILES string of the molecule is C[C@@H]1CN(C(=O)CCN2CCc3sccc3[C@H]2c2cccc(F)c2)CCN1S(=O)(=O)c1ccc2ccccc2c1. The molecule has 0 unspecified atom stereocenters. The van der Waals surface area contributed by atoms with Crippen molar-refractivity contribution in [1.82, 2.24) is 14.1 Å². The van der Waals surface area contributed by atoms with E-state index < -0.39 is 10.0 Å². The van der Waals surface area contributed by atoms with Gasteiger partial charge in [-0.3, -0.25) is 9.69 Å². The third kappa shape index (κ3) is 5.19. The van der Waals surface area contributed by atoms with Crippen molar-refractivity contribution in [2.24, 2.45) is 0 Å². The normalized spacial score (nSPS) is 20.5. The Labute approximate surface area is 238 Å². The predicted molar refractivity (Wildman–Crippen MR) is 156 cm³/mol. The first kappa shape index (κ1) is 27.1. The number of hydrogen-bond acceptors (Lipinski definition) is 5. The minimum absolute atomic E-state index is 0.0173. The van der Waals surface area contributed by atoms with Gasteiger partial charge in [-0.1, -0.05) is 42.5 Å². The molecule has 40 heavy (non-hydrogen) atoms. The number of benzene rings is 3. The van der Waals surface area contributed by atoms with Crippen LogP contribution in [0.3, 0.4) is 0 Å². The maximum Gasteiger partial charge on any atom is 0.243 e. The highest BCUT2D eigenvalue weighted by molar-refractivity contribution is 7.89. The maximum absolute atomic E-state index is 14.1. The van der Waals surface area contributed by atoms with E-state index in [-0.39, 0.29) is 35.2 Å². The Morgan fingerprint density at radius 3 is 2.60 bits per heavy atom. The molecule has 0 radical (unpaired) electrons. The van der Waals surface area contributed by atoms with Gasteiger partial charge in [-0.25, -0.2) is 12.8 Å². The summed E-state index contributed by atoms with van der Waals surface area (Å²) in [6, 6.07) is 21.3. The van der Waals surface area contributed by atoms with Gasteiger partial charge in [0, 0.05) is 50.1 Å². The highest BCUT2D eigenvalue weighted by Crippen LogP contribution is 2.38. The van der Waals surface area contributed by atoms with E-state index in [0.717, 1.165) is 29.3 Å². The number of hydrogen-bond donors (Lipinski definition) is 0. The van der Waals surface area contributed by atoms with Crippen molar-refractivity contribution in [1.29, 1.82) is 0 Å². The average molecular weight is 578 g/mol. The Hall–Kier alpha value is -3.11. The molecule has 0 spiro atoms. The number of nitrogens with zero attached hydrogens (tertiary/aromatic N) is 3. The van der Waals surface area contributed by atoms with Gasteiger partial charge in [-0.15, -0.1) is 11.3 Å². The zero-order valence-corrected chi connectivity index (χ0v) is 24.0. The quantitative estimate of drug-likeness (QED) is 0.312. The van der Waals surface area contributed by atoms with Crippen molar-refractivity contribution < 1.29 is 17.6 Å². The number of carbonyl (C=O) groups is 1. The molecule has 9 heteroatoms. The van der Waals surface area contributed by atoms with Crippen molar-refractivity contribution in [3.8, 4) is 0 Å². The van der Waals surface area contributed by atoms with E-state index >= 15 is 0 Å². The molecule has 1 fully saturated rings. The second-order valence-corrected chi connectivity index (χ2v) is 13.5. The van der Waals surface area contributed by atoms with Gasteiger partial charge in [0.25, 0.3) is 0 Å². The Morgan fingerprint density at radius 2 is 1.80 bits per heavy atom. The van der Waals surface area contributed by atoms with Gasteiger partial charge in [0.1, 0.15) is 5.82 Å². The smallest absolute Gasteiger partial charge is 0.243 e. The molecular weight excluding hydrogens is 545 g/mol. The standard InChI is InChI=1S/C31H32FN3O3S2/c1-22-21-34(16-17-35(22)40(37,38)27-10-9-23-5-2-3-6-24(23)20-27)30(36)12-15-33-14-11-29-28(13-18-39-29)31(33)25-7-4-8-26(32)19-25/h2-10,13,18-20,22,31H,11-12,14-17,21H2,1H3/t22-,31-/m1/s1. The molecule has 4 aromatic rings. The van der Waals surface area contributed by atoms with Gasteiger partial charge in [0.2, 0.25) is 15.9 Å². The fourth-order valence-corrected chi connectivity index (χ4v) is 8.61. The van der Waals surface area contributed by atoms with E-state index in [2.05, 4.69) is 16.3 Å². The summed E-state index contributed by atoms with van der Waals surface area (Å²) in [6.45, 7) is 4.19. The number of thiophene rings is 1. The third-order valence-corrected chi connectivity index (χ3v) is 11.1. The average Bonchev–Trinajstić information content (AvgIpc) is 3.44. The lowest BCUT2D eigenvalue weighted by atomic mass is 9.93. The second kappa shape index (κ2) is 11.0. The van der Waals surface area contributed by atoms with E-state index in [9.17, 15) is 17.6 Å². The number of sulfonamides is 1. The van der Waals surface area contributed by atoms with Crippen LogP contribution in [0.1, 0.15) is 35.4 Å². The van der Waals surface area contributed by atoms with Crippen LogP contribution in [-0.2, 0) is 21.2 Å². The Kier molecular flexibility index (Phi) is 7.48. The van der Waals surface area contributed by atoms with Gasteiger partial charge in [0.05, 0.1) is 10.9 Å². The minimum atomic E-state index is -3.69. The first-order valence-electron chi connectivity index (χ1n) is 13.7. The summed E-state index contributed by atoms with van der Waals surface area (Å²) in [4.78, 5) is 19.0. The molecule has 3 aromatic carbocycles. The van der Waals surface area contributed by atoms with Crippen LogP contribution in [0.5, 0.6) is 0 Å². The fourth-order valence-electron chi connectivity index (χ4n) is 6.06. The third-order valence-electron chi connectivity index (χ3n) is 8.09. The van der Waals surface area contributed by atoms with Crippen LogP contribution in [0.2, 0.25) is 0 Å². The van der Waals surface area contributed by atoms with Crippen molar-refractivity contribution in [2.75, 3.05) is 32.7 Å². The predicted octanol–water partition coefficient (Wildman–Crippen LogP) is 5.30. The van der Waals surface area contributed by atoms with Crippen LogP contribution < -0.4 is 0 Å². The van der Waals surface area contributed by atoms with Crippen molar-refractivity contribution >= 4 is 38.0 Å². The monoisotopic (exact) mass is 577 g/mol. The molecule has 0 N–H and O–H groups in total. The Bertz CT molecular complexity index is 1650. The highest BCUT2D eigenvalue weighted by Gasteiger charge is 2.36.